The molecule has 0 aliphatic carbocycles. The largest absolute Gasteiger partial charge is 0.415 e. The summed E-state index contributed by atoms with van der Waals surface area (Å²) in [6.45, 7) is 10.4. The highest BCUT2D eigenvalue weighted by molar-refractivity contribution is 7.43. The molecule has 1 nitrogen and oxygen atoms in total. The van der Waals surface area contributed by atoms with E-state index >= 15 is 0 Å². The Balaban J connectivity index is 2.13. The highest BCUT2D eigenvalue weighted by Crippen LogP contribution is 2.22. The van der Waals surface area contributed by atoms with E-state index in [4.69, 9.17) is 4.43 Å². The number of hydrogen-bond acceptors (Lipinski definition) is 1. The summed E-state index contributed by atoms with van der Waals surface area (Å²) in [6.07, 6.45) is 0. The van der Waals surface area contributed by atoms with E-state index in [1.165, 1.54) is 10.8 Å². The topological polar surface area (TPSA) is 9.23 Å². The Morgan fingerprint density at radius 1 is 0.750 bits per heavy atom. The van der Waals surface area contributed by atoms with E-state index in [2.05, 4.69) is 86.9 Å². The number of hydrogen-bond donors (Lipinski definition) is 0. The van der Waals surface area contributed by atoms with Crippen LogP contribution in [-0.2, 0) is 11.0 Å². The highest BCUT2D eigenvalue weighted by atomic mass is 29.3. The van der Waals surface area contributed by atoms with Gasteiger partial charge in [0.15, 0.2) is 7.83 Å². The van der Waals surface area contributed by atoms with E-state index < -0.39 is 15.4 Å². The van der Waals surface area contributed by atoms with Crippen molar-refractivity contribution in [1.82, 2.24) is 0 Å². The molecule has 2 aromatic carbocycles. The lowest BCUT2D eigenvalue weighted by atomic mass is 10.2. The molecule has 2 aromatic rings. The van der Waals surface area contributed by atoms with E-state index in [-0.39, 0.29) is 0 Å². The summed E-state index contributed by atoms with van der Waals surface area (Å²) in [4.78, 5) is 0. The van der Waals surface area contributed by atoms with E-state index in [0.717, 1.165) is 6.61 Å². The maximum atomic E-state index is 6.44. The van der Waals surface area contributed by atoms with Gasteiger partial charge in [0, 0.05) is 0 Å². The summed E-state index contributed by atoms with van der Waals surface area (Å²) in [5.41, 5.74) is 1.27. The first-order valence-electron chi connectivity index (χ1n) is 7.17. The van der Waals surface area contributed by atoms with Crippen LogP contribution in [-0.4, -0.2) is 15.4 Å². The Hall–Kier alpha value is -1.17. The predicted octanol–water partition coefficient (Wildman–Crippen LogP) is 4.10. The fourth-order valence-electron chi connectivity index (χ4n) is 2.22. The van der Waals surface area contributed by atoms with E-state index in [0.29, 0.717) is 0 Å². The van der Waals surface area contributed by atoms with Gasteiger partial charge in [0.2, 0.25) is 0 Å². The van der Waals surface area contributed by atoms with Crippen LogP contribution in [0.15, 0.2) is 60.7 Å². The summed E-state index contributed by atoms with van der Waals surface area (Å²) in [7, 11) is -3.26. The molecule has 0 heterocycles. The summed E-state index contributed by atoms with van der Waals surface area (Å²) < 4.78 is 6.44. The zero-order valence-corrected chi connectivity index (χ0v) is 14.9. The van der Waals surface area contributed by atoms with Gasteiger partial charge in [0.1, 0.15) is 7.59 Å². The molecule has 20 heavy (non-hydrogen) atoms. The van der Waals surface area contributed by atoms with Gasteiger partial charge < -0.3 is 4.43 Å². The average Bonchev–Trinajstić information content (AvgIpc) is 2.47. The number of rotatable bonds is 5. The molecule has 0 N–H and O–H groups in total. The molecule has 0 unspecified atom stereocenters. The minimum atomic E-state index is -1.72. The summed E-state index contributed by atoms with van der Waals surface area (Å²) in [5, 5.41) is 1.50. The van der Waals surface area contributed by atoms with Crippen LogP contribution < -0.4 is 5.19 Å². The Bertz CT molecular complexity index is 535. The third kappa shape index (κ3) is 3.29. The third-order valence-corrected chi connectivity index (χ3v) is 20.4. The van der Waals surface area contributed by atoms with Gasteiger partial charge in [-0.1, -0.05) is 78.9 Å². The van der Waals surface area contributed by atoms with Crippen LogP contribution in [0, 0.1) is 0 Å². The molecule has 3 heteroatoms. The lowest BCUT2D eigenvalue weighted by Crippen LogP contribution is -2.64. The lowest BCUT2D eigenvalue weighted by molar-refractivity contribution is 0.306. The van der Waals surface area contributed by atoms with Crippen LogP contribution in [0.2, 0.25) is 26.2 Å². The van der Waals surface area contributed by atoms with E-state index in [1.54, 1.807) is 0 Å². The summed E-state index contributed by atoms with van der Waals surface area (Å²) in [6, 6.07) is 21.4. The molecule has 106 valence electrons. The second kappa shape index (κ2) is 6.08. The molecular formula is C17H24OSi2. The van der Waals surface area contributed by atoms with Crippen LogP contribution >= 0.6 is 0 Å². The van der Waals surface area contributed by atoms with Crippen molar-refractivity contribution in [3.8, 4) is 0 Å². The second-order valence-corrected chi connectivity index (χ2v) is 20.8. The fraction of sp³-hybridized carbons (Fsp3) is 0.294. The van der Waals surface area contributed by atoms with Crippen molar-refractivity contribution < 1.29 is 4.43 Å². The highest BCUT2D eigenvalue weighted by Gasteiger charge is 2.44. The maximum Gasteiger partial charge on any atom is 0.179 e. The van der Waals surface area contributed by atoms with Crippen molar-refractivity contribution in [2.24, 2.45) is 0 Å². The molecule has 0 bridgehead atoms. The van der Waals surface area contributed by atoms with Gasteiger partial charge in [-0.15, -0.1) is 0 Å². The SMILES string of the molecule is C[Si](C)(OCc1ccccc1)[Si](C)(C)c1ccccc1. The zero-order chi connectivity index (χ0) is 14.6. The van der Waals surface area contributed by atoms with Crippen LogP contribution in [0.1, 0.15) is 5.56 Å². The molecule has 2 rings (SSSR count). The first-order valence-corrected chi connectivity index (χ1v) is 14.1. The predicted molar refractivity (Wildman–Crippen MR) is 92.3 cm³/mol. The van der Waals surface area contributed by atoms with Crippen molar-refractivity contribution in [2.75, 3.05) is 0 Å². The normalized spacial score (nSPS) is 12.4. The molecule has 0 saturated heterocycles. The third-order valence-electron chi connectivity index (χ3n) is 4.44. The summed E-state index contributed by atoms with van der Waals surface area (Å²) >= 11 is 0. The number of benzene rings is 2. The molecule has 0 atom stereocenters. The zero-order valence-electron chi connectivity index (χ0n) is 12.9. The molecule has 0 fully saturated rings. The Morgan fingerprint density at radius 3 is 1.80 bits per heavy atom. The van der Waals surface area contributed by atoms with Crippen molar-refractivity contribution >= 4 is 20.6 Å². The second-order valence-electron chi connectivity index (χ2n) is 6.28. The van der Waals surface area contributed by atoms with Crippen LogP contribution in [0.5, 0.6) is 0 Å². The molecule has 0 saturated carbocycles. The lowest BCUT2D eigenvalue weighted by Gasteiger charge is -2.38. The molecule has 0 aromatic heterocycles. The Kier molecular flexibility index (Phi) is 4.63. The van der Waals surface area contributed by atoms with Gasteiger partial charge in [0.05, 0.1) is 6.61 Å². The van der Waals surface area contributed by atoms with Gasteiger partial charge in [0.25, 0.3) is 0 Å². The fourth-order valence-corrected chi connectivity index (χ4v) is 8.71. The van der Waals surface area contributed by atoms with Crippen LogP contribution in [0.4, 0.5) is 0 Å². The van der Waals surface area contributed by atoms with E-state index in [1.807, 2.05) is 0 Å². The van der Waals surface area contributed by atoms with E-state index in [9.17, 15) is 0 Å². The van der Waals surface area contributed by atoms with Crippen molar-refractivity contribution in [3.63, 3.8) is 0 Å². The molecule has 0 spiro atoms. The Labute approximate surface area is 124 Å². The minimum Gasteiger partial charge on any atom is -0.415 e. The minimum absolute atomic E-state index is 0.739. The monoisotopic (exact) mass is 300 g/mol. The van der Waals surface area contributed by atoms with Crippen molar-refractivity contribution in [1.29, 1.82) is 0 Å². The smallest absolute Gasteiger partial charge is 0.179 e. The van der Waals surface area contributed by atoms with Gasteiger partial charge in [-0.25, -0.2) is 0 Å². The summed E-state index contributed by atoms with van der Waals surface area (Å²) in [5.74, 6) is 0. The molecule has 0 amide bonds. The van der Waals surface area contributed by atoms with Gasteiger partial charge in [-0.05, 0) is 18.7 Å². The Morgan fingerprint density at radius 2 is 1.25 bits per heavy atom. The van der Waals surface area contributed by atoms with Gasteiger partial charge in [-0.2, -0.15) is 0 Å². The first-order chi connectivity index (χ1) is 9.43. The molecular weight excluding hydrogens is 276 g/mol. The molecule has 0 aliphatic heterocycles. The van der Waals surface area contributed by atoms with Gasteiger partial charge in [-0.3, -0.25) is 0 Å². The van der Waals surface area contributed by atoms with Crippen molar-refractivity contribution in [3.05, 3.63) is 66.2 Å². The standard InChI is InChI=1S/C17H24OSi2/c1-19(2,17-13-9-6-10-14-17)20(3,4)18-15-16-11-7-5-8-12-16/h5-14H,15H2,1-4H3. The first kappa shape index (κ1) is 15.2. The maximum absolute atomic E-state index is 6.44. The quantitative estimate of drug-likeness (QED) is 0.755. The van der Waals surface area contributed by atoms with Crippen LogP contribution in [0.25, 0.3) is 0 Å². The molecule has 0 radical (unpaired) electrons. The van der Waals surface area contributed by atoms with Gasteiger partial charge >= 0.3 is 0 Å². The molecule has 0 aliphatic rings. The average molecular weight is 301 g/mol. The van der Waals surface area contributed by atoms with Crippen molar-refractivity contribution in [2.45, 2.75) is 32.8 Å². The van der Waals surface area contributed by atoms with Crippen LogP contribution in [0.3, 0.4) is 0 Å².